The minimum atomic E-state index is -1.17. The first-order valence-corrected chi connectivity index (χ1v) is 11.5. The SMILES string of the molecule is COc1cccc(CN(CCc2ccccc2F)C(=O)COc2c(Br)cccc2C(=O)O)c1OC. The molecule has 0 bridgehead atoms. The zero-order valence-electron chi connectivity index (χ0n) is 19.3. The summed E-state index contributed by atoms with van der Waals surface area (Å²) in [5.41, 5.74) is 1.10. The number of amides is 1. The highest BCUT2D eigenvalue weighted by Gasteiger charge is 2.21. The van der Waals surface area contributed by atoms with Gasteiger partial charge in [0.25, 0.3) is 5.91 Å². The molecule has 0 radical (unpaired) electrons. The number of methoxy groups -OCH3 is 2. The number of hydrogen-bond donors (Lipinski definition) is 1. The molecular weight excluding hydrogens is 521 g/mol. The normalized spacial score (nSPS) is 10.5. The smallest absolute Gasteiger partial charge is 0.339 e. The maximum atomic E-state index is 14.2. The number of carbonyl (C=O) groups excluding carboxylic acids is 1. The molecule has 0 aromatic heterocycles. The summed E-state index contributed by atoms with van der Waals surface area (Å²) in [6.45, 7) is -0.0591. The Bertz CT molecular complexity index is 1200. The van der Waals surface area contributed by atoms with E-state index in [2.05, 4.69) is 15.9 Å². The Balaban J connectivity index is 1.85. The molecule has 0 saturated heterocycles. The van der Waals surface area contributed by atoms with E-state index in [0.717, 1.165) is 0 Å². The van der Waals surface area contributed by atoms with Gasteiger partial charge < -0.3 is 24.2 Å². The summed E-state index contributed by atoms with van der Waals surface area (Å²) in [6.07, 6.45) is 0.278. The van der Waals surface area contributed by atoms with Crippen LogP contribution in [0.2, 0.25) is 0 Å². The molecule has 184 valence electrons. The van der Waals surface area contributed by atoms with Gasteiger partial charge >= 0.3 is 5.97 Å². The van der Waals surface area contributed by atoms with E-state index in [1.165, 1.54) is 31.3 Å². The number of carboxylic acid groups (broad SMARTS) is 1. The molecule has 35 heavy (non-hydrogen) atoms. The van der Waals surface area contributed by atoms with Crippen molar-refractivity contribution in [1.82, 2.24) is 4.90 Å². The van der Waals surface area contributed by atoms with Crippen LogP contribution >= 0.6 is 15.9 Å². The summed E-state index contributed by atoms with van der Waals surface area (Å²) in [4.78, 5) is 26.3. The van der Waals surface area contributed by atoms with Gasteiger partial charge in [-0.15, -0.1) is 0 Å². The van der Waals surface area contributed by atoms with Crippen molar-refractivity contribution in [3.05, 3.63) is 87.6 Å². The molecule has 0 aliphatic carbocycles. The average molecular weight is 546 g/mol. The van der Waals surface area contributed by atoms with E-state index in [0.29, 0.717) is 27.1 Å². The largest absolute Gasteiger partial charge is 0.493 e. The Hall–Kier alpha value is -3.59. The monoisotopic (exact) mass is 545 g/mol. The fourth-order valence-electron chi connectivity index (χ4n) is 3.58. The number of hydrogen-bond acceptors (Lipinski definition) is 5. The summed E-state index contributed by atoms with van der Waals surface area (Å²) < 4.78 is 31.1. The average Bonchev–Trinajstić information content (AvgIpc) is 2.85. The maximum absolute atomic E-state index is 14.2. The fourth-order valence-corrected chi connectivity index (χ4v) is 4.06. The Morgan fingerprint density at radius 1 is 0.943 bits per heavy atom. The van der Waals surface area contributed by atoms with Crippen LogP contribution in [0.15, 0.2) is 65.1 Å². The standard InChI is InChI=1S/C26H25BrFNO6/c1-33-22-12-5-8-18(24(22)34-2)15-29(14-13-17-7-3-4-11-21(17)28)23(30)16-35-25-19(26(31)32)9-6-10-20(25)27/h3-12H,13-16H2,1-2H3,(H,31,32). The van der Waals surface area contributed by atoms with Crippen LogP contribution in [0.1, 0.15) is 21.5 Å². The molecule has 0 unspecified atom stereocenters. The van der Waals surface area contributed by atoms with Gasteiger partial charge in [0, 0.05) is 18.7 Å². The lowest BCUT2D eigenvalue weighted by molar-refractivity contribution is -0.134. The predicted molar refractivity (Wildman–Crippen MR) is 132 cm³/mol. The van der Waals surface area contributed by atoms with E-state index < -0.39 is 18.5 Å². The topological polar surface area (TPSA) is 85.3 Å². The molecule has 0 heterocycles. The van der Waals surface area contributed by atoms with E-state index in [9.17, 15) is 19.1 Å². The van der Waals surface area contributed by atoms with Gasteiger partial charge in [-0.3, -0.25) is 4.79 Å². The Morgan fingerprint density at radius 3 is 2.34 bits per heavy atom. The van der Waals surface area contributed by atoms with Crippen molar-refractivity contribution in [2.24, 2.45) is 0 Å². The third-order valence-electron chi connectivity index (χ3n) is 5.34. The number of aromatic carboxylic acids is 1. The molecule has 9 heteroatoms. The zero-order chi connectivity index (χ0) is 25.4. The molecule has 0 aliphatic rings. The van der Waals surface area contributed by atoms with Crippen LogP contribution in [0, 0.1) is 5.82 Å². The van der Waals surface area contributed by atoms with Crippen molar-refractivity contribution >= 4 is 27.8 Å². The van der Waals surface area contributed by atoms with Crippen LogP contribution < -0.4 is 14.2 Å². The van der Waals surface area contributed by atoms with Gasteiger partial charge in [0.1, 0.15) is 17.1 Å². The Morgan fingerprint density at radius 2 is 1.66 bits per heavy atom. The van der Waals surface area contributed by atoms with Crippen molar-refractivity contribution in [3.8, 4) is 17.2 Å². The van der Waals surface area contributed by atoms with E-state index in [4.69, 9.17) is 14.2 Å². The van der Waals surface area contributed by atoms with Crippen LogP contribution in [0.4, 0.5) is 4.39 Å². The molecule has 7 nitrogen and oxygen atoms in total. The molecule has 0 fully saturated rings. The van der Waals surface area contributed by atoms with Crippen LogP contribution in [0.25, 0.3) is 0 Å². The first-order chi connectivity index (χ1) is 16.8. The highest BCUT2D eigenvalue weighted by atomic mass is 79.9. The van der Waals surface area contributed by atoms with Gasteiger partial charge in [-0.25, -0.2) is 9.18 Å². The van der Waals surface area contributed by atoms with Crippen molar-refractivity contribution < 1.29 is 33.3 Å². The molecular formula is C26H25BrFNO6. The van der Waals surface area contributed by atoms with Crippen molar-refractivity contribution in [1.29, 1.82) is 0 Å². The summed E-state index contributed by atoms with van der Waals surface area (Å²) in [7, 11) is 3.03. The van der Waals surface area contributed by atoms with E-state index >= 15 is 0 Å². The van der Waals surface area contributed by atoms with Gasteiger partial charge in [-0.2, -0.15) is 0 Å². The molecule has 0 saturated carbocycles. The summed E-state index contributed by atoms with van der Waals surface area (Å²) >= 11 is 3.28. The molecule has 3 aromatic rings. The number of benzene rings is 3. The maximum Gasteiger partial charge on any atom is 0.339 e. The number of carboxylic acids is 1. The predicted octanol–water partition coefficient (Wildman–Crippen LogP) is 4.95. The molecule has 0 spiro atoms. The third-order valence-corrected chi connectivity index (χ3v) is 5.97. The van der Waals surface area contributed by atoms with Gasteiger partial charge in [-0.1, -0.05) is 36.4 Å². The van der Waals surface area contributed by atoms with Gasteiger partial charge in [0.15, 0.2) is 18.1 Å². The number of halogens is 2. The van der Waals surface area contributed by atoms with Crippen molar-refractivity contribution in [2.45, 2.75) is 13.0 Å². The van der Waals surface area contributed by atoms with Crippen molar-refractivity contribution in [3.63, 3.8) is 0 Å². The highest BCUT2D eigenvalue weighted by Crippen LogP contribution is 2.32. The molecule has 0 aliphatic heterocycles. The Labute approximate surface area is 211 Å². The summed E-state index contributed by atoms with van der Waals surface area (Å²) in [5.74, 6) is -0.874. The van der Waals surface area contributed by atoms with Gasteiger partial charge in [-0.05, 0) is 52.2 Å². The first kappa shape index (κ1) is 26.0. The first-order valence-electron chi connectivity index (χ1n) is 10.7. The van der Waals surface area contributed by atoms with Gasteiger partial charge in [0.2, 0.25) is 0 Å². The number of ether oxygens (including phenoxy) is 3. The van der Waals surface area contributed by atoms with E-state index in [-0.39, 0.29) is 36.6 Å². The lowest BCUT2D eigenvalue weighted by atomic mass is 10.1. The van der Waals surface area contributed by atoms with E-state index in [1.807, 2.05) is 6.07 Å². The van der Waals surface area contributed by atoms with Crippen LogP contribution in [0.3, 0.4) is 0 Å². The molecule has 3 rings (SSSR count). The second-order valence-corrected chi connectivity index (χ2v) is 8.37. The van der Waals surface area contributed by atoms with Crippen LogP contribution in [-0.2, 0) is 17.8 Å². The Kier molecular flexibility index (Phi) is 9.08. The van der Waals surface area contributed by atoms with Crippen molar-refractivity contribution in [2.75, 3.05) is 27.4 Å². The molecule has 1 N–H and O–H groups in total. The third kappa shape index (κ3) is 6.51. The molecule has 0 atom stereocenters. The number of carbonyl (C=O) groups is 2. The molecule has 1 amide bonds. The number of para-hydroxylation sites is 2. The van der Waals surface area contributed by atoms with Crippen LogP contribution in [0.5, 0.6) is 17.2 Å². The highest BCUT2D eigenvalue weighted by molar-refractivity contribution is 9.10. The lowest BCUT2D eigenvalue weighted by Gasteiger charge is -2.25. The minimum Gasteiger partial charge on any atom is -0.493 e. The molecule has 3 aromatic carbocycles. The second kappa shape index (κ2) is 12.2. The van der Waals surface area contributed by atoms with Gasteiger partial charge in [0.05, 0.1) is 18.7 Å². The number of nitrogens with zero attached hydrogens (tertiary/aromatic N) is 1. The quantitative estimate of drug-likeness (QED) is 0.366. The van der Waals surface area contributed by atoms with E-state index in [1.54, 1.807) is 42.5 Å². The number of rotatable bonds is 11. The summed E-state index contributed by atoms with van der Waals surface area (Å²) in [6, 6.07) is 16.3. The fraction of sp³-hybridized carbons (Fsp3) is 0.231. The second-order valence-electron chi connectivity index (χ2n) is 7.52. The minimum absolute atomic E-state index is 0.0568. The summed E-state index contributed by atoms with van der Waals surface area (Å²) in [5, 5.41) is 9.45. The lowest BCUT2D eigenvalue weighted by Crippen LogP contribution is -2.36. The van der Waals surface area contributed by atoms with Crippen LogP contribution in [-0.4, -0.2) is 49.3 Å². The zero-order valence-corrected chi connectivity index (χ0v) is 20.9.